The van der Waals surface area contributed by atoms with Crippen LogP contribution in [0.2, 0.25) is 5.02 Å². The lowest BCUT2D eigenvalue weighted by Gasteiger charge is -2.11. The molecule has 0 saturated heterocycles. The Morgan fingerprint density at radius 3 is 2.76 bits per heavy atom. The summed E-state index contributed by atoms with van der Waals surface area (Å²) in [7, 11) is -3.76. The highest BCUT2D eigenvalue weighted by molar-refractivity contribution is 9.10. The third-order valence-corrected chi connectivity index (χ3v) is 5.54. The molecule has 1 aliphatic rings. The lowest BCUT2D eigenvalue weighted by Crippen LogP contribution is -2.13. The minimum atomic E-state index is -3.76. The van der Waals surface area contributed by atoms with E-state index >= 15 is 0 Å². The molecule has 0 fully saturated rings. The molecule has 0 atom stereocenters. The number of nitrogens with zero attached hydrogens (tertiary/aromatic N) is 2. The summed E-state index contributed by atoms with van der Waals surface area (Å²) in [6.45, 7) is 0. The number of sulfonamides is 1. The maximum atomic E-state index is 12.5. The molecular formula is C12H7BrClN3O2S2. The molecule has 1 heterocycles. The van der Waals surface area contributed by atoms with Gasteiger partial charge in [0, 0.05) is 9.50 Å². The van der Waals surface area contributed by atoms with E-state index in [0.717, 1.165) is 11.4 Å². The first-order chi connectivity index (χ1) is 9.97. The second-order valence-electron chi connectivity index (χ2n) is 4.12. The number of rotatable bonds is 3. The summed E-state index contributed by atoms with van der Waals surface area (Å²) in [4.78, 5) is 0.0931. The van der Waals surface area contributed by atoms with Crippen LogP contribution in [0.4, 0.5) is 17.1 Å². The van der Waals surface area contributed by atoms with Crippen LogP contribution >= 0.6 is 27.5 Å². The normalized spacial score (nSPS) is 12.9. The van der Waals surface area contributed by atoms with Crippen molar-refractivity contribution >= 4 is 66.0 Å². The number of anilines is 1. The number of fused-ring (bicyclic) bond motifs is 1. The van der Waals surface area contributed by atoms with Gasteiger partial charge in [0.05, 0.1) is 17.0 Å². The van der Waals surface area contributed by atoms with E-state index in [2.05, 4.69) is 29.4 Å². The molecule has 21 heavy (non-hydrogen) atoms. The monoisotopic (exact) mass is 403 g/mol. The molecule has 108 valence electrons. The van der Waals surface area contributed by atoms with Crippen molar-refractivity contribution in [1.29, 1.82) is 0 Å². The highest BCUT2D eigenvalue weighted by Gasteiger charge is 2.23. The van der Waals surface area contributed by atoms with Crippen molar-refractivity contribution in [3.8, 4) is 0 Å². The van der Waals surface area contributed by atoms with Crippen LogP contribution in [0.5, 0.6) is 0 Å². The predicted molar refractivity (Wildman–Crippen MR) is 87.9 cm³/mol. The van der Waals surface area contributed by atoms with E-state index in [1.807, 2.05) is 0 Å². The molecular weight excluding hydrogens is 398 g/mol. The number of benzene rings is 2. The minimum absolute atomic E-state index is 0.0931. The van der Waals surface area contributed by atoms with Crippen molar-refractivity contribution in [2.45, 2.75) is 4.90 Å². The van der Waals surface area contributed by atoms with Gasteiger partial charge in [-0.25, -0.2) is 8.42 Å². The Kier molecular flexibility index (Phi) is 3.87. The molecule has 0 amide bonds. The average Bonchev–Trinajstić information content (AvgIpc) is 2.90. The first-order valence-corrected chi connectivity index (χ1v) is 9.05. The zero-order chi connectivity index (χ0) is 15.0. The molecule has 0 unspecified atom stereocenters. The van der Waals surface area contributed by atoms with Crippen LogP contribution in [-0.2, 0) is 21.4 Å². The Morgan fingerprint density at radius 2 is 2.00 bits per heavy atom. The summed E-state index contributed by atoms with van der Waals surface area (Å²) in [5, 5.41) is 0.510. The van der Waals surface area contributed by atoms with Gasteiger partial charge in [0.15, 0.2) is 0 Å². The summed E-state index contributed by atoms with van der Waals surface area (Å²) in [5.74, 6) is 0. The van der Waals surface area contributed by atoms with Gasteiger partial charge in [0.1, 0.15) is 16.3 Å². The largest absolute Gasteiger partial charge is 0.278 e. The zero-order valence-electron chi connectivity index (χ0n) is 10.2. The average molecular weight is 405 g/mol. The van der Waals surface area contributed by atoms with E-state index in [-0.39, 0.29) is 4.90 Å². The topological polar surface area (TPSA) is 70.9 Å². The summed E-state index contributed by atoms with van der Waals surface area (Å²) in [5.41, 5.74) is 1.32. The van der Waals surface area contributed by atoms with Gasteiger partial charge in [-0.15, -0.1) is 0 Å². The molecule has 5 nitrogen and oxygen atoms in total. The molecule has 2 aromatic carbocycles. The van der Waals surface area contributed by atoms with Crippen molar-refractivity contribution in [2.24, 2.45) is 8.73 Å². The number of hydrogen-bond donors (Lipinski definition) is 1. The van der Waals surface area contributed by atoms with E-state index < -0.39 is 10.0 Å². The summed E-state index contributed by atoms with van der Waals surface area (Å²) in [6, 6.07) is 9.66. The van der Waals surface area contributed by atoms with Gasteiger partial charge in [0.2, 0.25) is 0 Å². The van der Waals surface area contributed by atoms with E-state index in [1.54, 1.807) is 30.3 Å². The Morgan fingerprint density at radius 1 is 1.19 bits per heavy atom. The quantitative estimate of drug-likeness (QED) is 0.691. The zero-order valence-corrected chi connectivity index (χ0v) is 14.2. The molecule has 0 aliphatic carbocycles. The van der Waals surface area contributed by atoms with Gasteiger partial charge in [-0.1, -0.05) is 17.7 Å². The molecule has 0 spiro atoms. The standard InChI is InChI=1S/C12H7BrClN3O2S2/c13-8-6-7(14)4-5-9(8)17-21(18,19)11-3-1-2-10-12(11)16-20-15-10/h1-6,17H. The van der Waals surface area contributed by atoms with E-state index in [1.165, 1.54) is 6.07 Å². The van der Waals surface area contributed by atoms with Crippen molar-refractivity contribution < 1.29 is 8.42 Å². The molecule has 0 bridgehead atoms. The molecule has 1 aliphatic heterocycles. The highest BCUT2D eigenvalue weighted by atomic mass is 79.9. The van der Waals surface area contributed by atoms with Gasteiger partial charge in [-0.05, 0) is 46.3 Å². The number of hydrogen-bond acceptors (Lipinski definition) is 4. The van der Waals surface area contributed by atoms with Crippen LogP contribution in [0.15, 0.2) is 54.5 Å². The molecule has 9 heteroatoms. The van der Waals surface area contributed by atoms with Gasteiger partial charge in [0.25, 0.3) is 10.0 Å². The molecule has 3 rings (SSSR count). The Labute approximate surface area is 138 Å². The molecule has 0 saturated carbocycles. The summed E-state index contributed by atoms with van der Waals surface area (Å²) >= 11 is 10.1. The first-order valence-electron chi connectivity index (χ1n) is 5.66. The summed E-state index contributed by atoms with van der Waals surface area (Å²) in [6.07, 6.45) is 0. The van der Waals surface area contributed by atoms with Crippen LogP contribution in [0.25, 0.3) is 0 Å². The van der Waals surface area contributed by atoms with Gasteiger partial charge in [-0.3, -0.25) is 4.72 Å². The molecule has 0 aromatic heterocycles. The smallest absolute Gasteiger partial charge is 0.264 e. The van der Waals surface area contributed by atoms with E-state index in [9.17, 15) is 8.42 Å². The third kappa shape index (κ3) is 2.89. The minimum Gasteiger partial charge on any atom is -0.278 e. The third-order valence-electron chi connectivity index (χ3n) is 2.71. The van der Waals surface area contributed by atoms with Crippen LogP contribution in [0, 0.1) is 0 Å². The number of nitrogens with one attached hydrogen (secondary N) is 1. The van der Waals surface area contributed by atoms with Crippen molar-refractivity contribution in [3.05, 3.63) is 45.9 Å². The maximum Gasteiger partial charge on any atom is 0.264 e. The van der Waals surface area contributed by atoms with Crippen molar-refractivity contribution in [2.75, 3.05) is 4.72 Å². The van der Waals surface area contributed by atoms with Crippen molar-refractivity contribution in [3.63, 3.8) is 0 Å². The van der Waals surface area contributed by atoms with Crippen LogP contribution in [0.3, 0.4) is 0 Å². The van der Waals surface area contributed by atoms with E-state index in [0.29, 0.717) is 26.6 Å². The Balaban J connectivity index is 2.03. The second kappa shape index (κ2) is 5.53. The molecule has 2 aromatic rings. The van der Waals surface area contributed by atoms with Crippen LogP contribution in [0.1, 0.15) is 0 Å². The SMILES string of the molecule is O=S(=O)(Nc1ccc(Cl)cc1Br)c1cccc2c1N=S=N2. The van der Waals surface area contributed by atoms with Crippen LogP contribution < -0.4 is 4.72 Å². The van der Waals surface area contributed by atoms with E-state index in [4.69, 9.17) is 11.6 Å². The maximum absolute atomic E-state index is 12.5. The van der Waals surface area contributed by atoms with Crippen LogP contribution in [-0.4, -0.2) is 8.42 Å². The highest BCUT2D eigenvalue weighted by Crippen LogP contribution is 2.38. The fourth-order valence-corrected chi connectivity index (χ4v) is 4.53. The second-order valence-corrected chi connectivity index (χ2v) is 7.59. The molecule has 0 radical (unpaired) electrons. The Hall–Kier alpha value is -1.22. The molecule has 1 N–H and O–H groups in total. The van der Waals surface area contributed by atoms with Gasteiger partial charge < -0.3 is 0 Å². The fraction of sp³-hybridized carbons (Fsp3) is 0. The lowest BCUT2D eigenvalue weighted by molar-refractivity contribution is 0.601. The predicted octanol–water partition coefficient (Wildman–Crippen LogP) is 4.63. The lowest BCUT2D eigenvalue weighted by atomic mass is 10.3. The first kappa shape index (κ1) is 14.7. The van der Waals surface area contributed by atoms with Gasteiger partial charge >= 0.3 is 0 Å². The summed E-state index contributed by atoms with van der Waals surface area (Å²) < 4.78 is 36.2. The van der Waals surface area contributed by atoms with Gasteiger partial charge in [-0.2, -0.15) is 8.73 Å². The fourth-order valence-electron chi connectivity index (χ4n) is 1.77. The van der Waals surface area contributed by atoms with Crippen molar-refractivity contribution in [1.82, 2.24) is 0 Å². The number of halogens is 2. The Bertz CT molecular complexity index is 909.